The summed E-state index contributed by atoms with van der Waals surface area (Å²) in [6.45, 7) is 3.46. The van der Waals surface area contributed by atoms with E-state index in [0.29, 0.717) is 5.82 Å². The van der Waals surface area contributed by atoms with Gasteiger partial charge in [0.1, 0.15) is 12.4 Å². The van der Waals surface area contributed by atoms with E-state index < -0.39 is 0 Å². The number of carbonyl (C=O) groups excluding carboxylic acids is 2. The number of aryl methyl sites for hydroxylation is 2. The van der Waals surface area contributed by atoms with E-state index in [0.717, 1.165) is 33.4 Å². The Hall–Kier alpha value is -3.94. The Balaban J connectivity index is 1.54. The molecule has 0 radical (unpaired) electrons. The summed E-state index contributed by atoms with van der Waals surface area (Å²) in [5.41, 5.74) is 4.45. The number of hydrogen-bond donors (Lipinski definition) is 2. The Morgan fingerprint density at radius 2 is 1.83 bits per heavy atom. The van der Waals surface area contributed by atoms with Gasteiger partial charge >= 0.3 is 0 Å². The van der Waals surface area contributed by atoms with Crippen LogP contribution in [0.3, 0.4) is 0 Å². The van der Waals surface area contributed by atoms with Crippen LogP contribution in [-0.2, 0) is 23.2 Å². The van der Waals surface area contributed by atoms with Gasteiger partial charge in [-0.25, -0.2) is 0 Å². The molecule has 8 nitrogen and oxygen atoms in total. The number of carbonyl (C=O) groups is 2. The van der Waals surface area contributed by atoms with Crippen molar-refractivity contribution in [3.8, 4) is 11.1 Å². The van der Waals surface area contributed by atoms with E-state index in [1.165, 1.54) is 6.92 Å². The first-order valence-corrected chi connectivity index (χ1v) is 9.53. The van der Waals surface area contributed by atoms with Gasteiger partial charge in [-0.15, -0.1) is 0 Å². The fraction of sp³-hybridized carbons (Fsp3) is 0.182. The molecule has 30 heavy (non-hydrogen) atoms. The van der Waals surface area contributed by atoms with Crippen LogP contribution >= 0.6 is 0 Å². The van der Waals surface area contributed by atoms with Crippen LogP contribution in [0.2, 0.25) is 0 Å². The number of nitrogens with zero attached hydrogens (tertiary/aromatic N) is 4. The van der Waals surface area contributed by atoms with Gasteiger partial charge in [0.2, 0.25) is 11.8 Å². The summed E-state index contributed by atoms with van der Waals surface area (Å²) in [5, 5.41) is 15.2. The Labute approximate surface area is 173 Å². The zero-order valence-electron chi connectivity index (χ0n) is 17.0. The lowest BCUT2D eigenvalue weighted by Crippen LogP contribution is -2.20. The SMILES string of the molecule is CC(=O)Nc1cccc(-c2ccc3c(cnn3CC(=O)Nc3cc(C)nn3C)c2)c1. The number of hydrogen-bond acceptors (Lipinski definition) is 4. The summed E-state index contributed by atoms with van der Waals surface area (Å²) in [6.07, 6.45) is 1.75. The van der Waals surface area contributed by atoms with Gasteiger partial charge in [0.15, 0.2) is 0 Å². The van der Waals surface area contributed by atoms with Crippen molar-refractivity contribution in [3.63, 3.8) is 0 Å². The maximum atomic E-state index is 12.5. The van der Waals surface area contributed by atoms with E-state index in [4.69, 9.17) is 0 Å². The zero-order valence-corrected chi connectivity index (χ0v) is 17.0. The number of nitrogens with one attached hydrogen (secondary N) is 2. The standard InChI is InChI=1S/C22H22N6O2/c1-14-9-21(27(3)26-14)25-22(30)13-28-20-8-7-17(10-18(20)12-23-28)16-5-4-6-19(11-16)24-15(2)29/h4-12H,13H2,1-3H3,(H,24,29)(H,25,30). The van der Waals surface area contributed by atoms with Crippen LogP contribution in [0.1, 0.15) is 12.6 Å². The molecule has 8 heteroatoms. The minimum atomic E-state index is -0.171. The summed E-state index contributed by atoms with van der Waals surface area (Å²) < 4.78 is 3.31. The molecule has 2 N–H and O–H groups in total. The van der Waals surface area contributed by atoms with Gasteiger partial charge < -0.3 is 10.6 Å². The normalized spacial score (nSPS) is 10.9. The lowest BCUT2D eigenvalue weighted by Gasteiger charge is -2.08. The predicted octanol–water partition coefficient (Wildman–Crippen LogP) is 3.34. The van der Waals surface area contributed by atoms with Crippen LogP contribution in [0, 0.1) is 6.92 Å². The van der Waals surface area contributed by atoms with Crippen LogP contribution in [-0.4, -0.2) is 31.4 Å². The van der Waals surface area contributed by atoms with Gasteiger partial charge in [-0.3, -0.25) is 19.0 Å². The highest BCUT2D eigenvalue weighted by atomic mass is 16.2. The number of rotatable bonds is 5. The molecule has 0 atom stereocenters. The number of amides is 2. The van der Waals surface area contributed by atoms with Gasteiger partial charge in [-0.05, 0) is 42.3 Å². The van der Waals surface area contributed by atoms with Gasteiger partial charge in [0, 0.05) is 31.1 Å². The highest BCUT2D eigenvalue weighted by Gasteiger charge is 2.11. The van der Waals surface area contributed by atoms with Crippen LogP contribution in [0.4, 0.5) is 11.5 Å². The Kier molecular flexibility index (Phi) is 5.05. The van der Waals surface area contributed by atoms with E-state index in [9.17, 15) is 9.59 Å². The van der Waals surface area contributed by atoms with Gasteiger partial charge in [-0.2, -0.15) is 10.2 Å². The number of aromatic nitrogens is 4. The lowest BCUT2D eigenvalue weighted by atomic mass is 10.0. The first-order valence-electron chi connectivity index (χ1n) is 9.53. The molecule has 152 valence electrons. The molecule has 0 bridgehead atoms. The molecule has 0 fully saturated rings. The Morgan fingerprint density at radius 1 is 1.03 bits per heavy atom. The molecule has 0 saturated carbocycles. The molecular formula is C22H22N6O2. The summed E-state index contributed by atoms with van der Waals surface area (Å²) in [5.74, 6) is 0.369. The summed E-state index contributed by atoms with van der Waals surface area (Å²) in [4.78, 5) is 23.8. The quantitative estimate of drug-likeness (QED) is 0.535. The largest absolute Gasteiger partial charge is 0.326 e. The maximum absolute atomic E-state index is 12.5. The van der Waals surface area contributed by atoms with Crippen molar-refractivity contribution < 1.29 is 9.59 Å². The van der Waals surface area contributed by atoms with E-state index in [-0.39, 0.29) is 18.4 Å². The molecule has 0 saturated heterocycles. The summed E-state index contributed by atoms with van der Waals surface area (Å²) >= 11 is 0. The first-order chi connectivity index (χ1) is 14.4. The smallest absolute Gasteiger partial charge is 0.247 e. The summed E-state index contributed by atoms with van der Waals surface area (Å²) in [7, 11) is 1.79. The number of benzene rings is 2. The average molecular weight is 402 g/mol. The van der Waals surface area contributed by atoms with Gasteiger partial charge in [-0.1, -0.05) is 18.2 Å². The number of fused-ring (bicyclic) bond motifs is 1. The molecule has 4 aromatic rings. The monoisotopic (exact) mass is 402 g/mol. The summed E-state index contributed by atoms with van der Waals surface area (Å²) in [6, 6.07) is 15.4. The zero-order chi connectivity index (χ0) is 21.3. The van der Waals surface area contributed by atoms with E-state index >= 15 is 0 Å². The van der Waals surface area contributed by atoms with Crippen molar-refractivity contribution in [1.82, 2.24) is 19.6 Å². The predicted molar refractivity (Wildman–Crippen MR) is 116 cm³/mol. The molecule has 2 amide bonds. The fourth-order valence-electron chi connectivity index (χ4n) is 3.42. The number of anilines is 2. The first kappa shape index (κ1) is 19.4. The molecule has 0 spiro atoms. The van der Waals surface area contributed by atoms with Crippen molar-refractivity contribution in [2.75, 3.05) is 10.6 Å². The lowest BCUT2D eigenvalue weighted by molar-refractivity contribution is -0.117. The molecular weight excluding hydrogens is 380 g/mol. The average Bonchev–Trinajstić information content (AvgIpc) is 3.23. The molecule has 0 unspecified atom stereocenters. The molecule has 4 rings (SSSR count). The third-order valence-electron chi connectivity index (χ3n) is 4.72. The molecule has 0 aliphatic carbocycles. The molecule has 2 aromatic carbocycles. The maximum Gasteiger partial charge on any atom is 0.247 e. The van der Waals surface area contributed by atoms with Crippen LogP contribution < -0.4 is 10.6 Å². The van der Waals surface area contributed by atoms with Crippen LogP contribution in [0.15, 0.2) is 54.7 Å². The molecule has 2 heterocycles. The van der Waals surface area contributed by atoms with Gasteiger partial charge in [0.25, 0.3) is 0 Å². The minimum Gasteiger partial charge on any atom is -0.326 e. The fourth-order valence-corrected chi connectivity index (χ4v) is 3.42. The van der Waals surface area contributed by atoms with Crippen molar-refractivity contribution in [3.05, 3.63) is 60.4 Å². The van der Waals surface area contributed by atoms with E-state index in [2.05, 4.69) is 20.8 Å². The molecule has 0 aliphatic heterocycles. The highest BCUT2D eigenvalue weighted by Crippen LogP contribution is 2.26. The van der Waals surface area contributed by atoms with Crippen molar-refractivity contribution in [2.24, 2.45) is 7.05 Å². The third-order valence-corrected chi connectivity index (χ3v) is 4.72. The Bertz CT molecular complexity index is 1250. The van der Waals surface area contributed by atoms with E-state index in [1.54, 1.807) is 22.6 Å². The van der Waals surface area contributed by atoms with Crippen molar-refractivity contribution in [2.45, 2.75) is 20.4 Å². The molecule has 2 aromatic heterocycles. The molecule has 0 aliphatic rings. The highest BCUT2D eigenvalue weighted by molar-refractivity contribution is 5.92. The van der Waals surface area contributed by atoms with Crippen molar-refractivity contribution in [1.29, 1.82) is 0 Å². The van der Waals surface area contributed by atoms with Gasteiger partial charge in [0.05, 0.1) is 17.4 Å². The second-order valence-corrected chi connectivity index (χ2v) is 7.18. The Morgan fingerprint density at radius 3 is 2.57 bits per heavy atom. The minimum absolute atomic E-state index is 0.102. The van der Waals surface area contributed by atoms with E-state index in [1.807, 2.05) is 55.5 Å². The van der Waals surface area contributed by atoms with Crippen molar-refractivity contribution >= 4 is 34.2 Å². The van der Waals surface area contributed by atoms with Crippen LogP contribution in [0.5, 0.6) is 0 Å². The third kappa shape index (κ3) is 4.07. The topological polar surface area (TPSA) is 93.8 Å². The van der Waals surface area contributed by atoms with Crippen LogP contribution in [0.25, 0.3) is 22.0 Å². The second-order valence-electron chi connectivity index (χ2n) is 7.18. The second kappa shape index (κ2) is 7.82.